The molecule has 12 heteroatoms. The van der Waals surface area contributed by atoms with Gasteiger partial charge in [-0.15, -0.1) is 4.80 Å². The van der Waals surface area contributed by atoms with E-state index in [-0.39, 0.29) is 35.2 Å². The van der Waals surface area contributed by atoms with Crippen molar-refractivity contribution in [2.75, 3.05) is 10.6 Å². The van der Waals surface area contributed by atoms with E-state index in [1.165, 1.54) is 4.80 Å². The molecule has 0 bridgehead atoms. The van der Waals surface area contributed by atoms with Crippen LogP contribution in [0.25, 0.3) is 5.69 Å². The van der Waals surface area contributed by atoms with E-state index in [1.807, 2.05) is 19.9 Å². The first-order valence-corrected chi connectivity index (χ1v) is 12.0. The van der Waals surface area contributed by atoms with Gasteiger partial charge in [0.2, 0.25) is 0 Å². The van der Waals surface area contributed by atoms with Crippen molar-refractivity contribution in [2.24, 2.45) is 5.92 Å². The molecule has 0 aromatic carbocycles. The molecule has 1 fully saturated rings. The summed E-state index contributed by atoms with van der Waals surface area (Å²) in [6.07, 6.45) is 6.12. The number of nitrogens with zero attached hydrogens (tertiary/aromatic N) is 6. The van der Waals surface area contributed by atoms with Gasteiger partial charge in [-0.1, -0.05) is 0 Å². The standard InChI is InChI=1S/C25H30FN9O2/c1-14-11-29-35(34-14)19-9-18(12-28-13-19)31-22-17(10-27)8-20(26)23(33-22)32-21(16-6-7-16)15(2)30-24(36)37-25(3,4)5/h8-9,11-13,15-16,21H,6-7H2,1-5H3,(H,30,36)(H2,31,32,33)/t15-,21-/m0/s1. The topological polar surface area (TPSA) is 143 Å². The Morgan fingerprint density at radius 1 is 1.24 bits per heavy atom. The van der Waals surface area contributed by atoms with E-state index in [2.05, 4.69) is 36.1 Å². The molecule has 0 radical (unpaired) electrons. The summed E-state index contributed by atoms with van der Waals surface area (Å²) in [7, 11) is 0. The van der Waals surface area contributed by atoms with Crippen LogP contribution in [0.4, 0.5) is 26.5 Å². The average molecular weight is 508 g/mol. The van der Waals surface area contributed by atoms with E-state index in [1.54, 1.807) is 45.4 Å². The number of aryl methyl sites for hydroxylation is 1. The number of alkyl carbamates (subject to hydrolysis) is 1. The highest BCUT2D eigenvalue weighted by Gasteiger charge is 2.37. The molecule has 3 heterocycles. The molecular formula is C25H30FN9O2. The number of ether oxygens (including phenoxy) is 1. The largest absolute Gasteiger partial charge is 0.444 e. The third kappa shape index (κ3) is 6.69. The summed E-state index contributed by atoms with van der Waals surface area (Å²) in [4.78, 5) is 22.3. The number of amides is 1. The van der Waals surface area contributed by atoms with Crippen molar-refractivity contribution in [2.45, 2.75) is 65.1 Å². The smallest absolute Gasteiger partial charge is 0.407 e. The second-order valence-corrected chi connectivity index (χ2v) is 10.1. The molecule has 194 valence electrons. The average Bonchev–Trinajstić information content (AvgIpc) is 3.56. The van der Waals surface area contributed by atoms with Crippen LogP contribution in [0, 0.1) is 30.0 Å². The Hall–Kier alpha value is -4.27. The summed E-state index contributed by atoms with van der Waals surface area (Å²) >= 11 is 0. The summed E-state index contributed by atoms with van der Waals surface area (Å²) in [5, 5.41) is 27.1. The highest BCUT2D eigenvalue weighted by Crippen LogP contribution is 2.36. The number of anilines is 3. The van der Waals surface area contributed by atoms with E-state index < -0.39 is 17.5 Å². The molecule has 0 spiro atoms. The van der Waals surface area contributed by atoms with Crippen molar-refractivity contribution in [1.82, 2.24) is 30.3 Å². The molecule has 3 aromatic heterocycles. The highest BCUT2D eigenvalue weighted by molar-refractivity contribution is 5.68. The first-order chi connectivity index (χ1) is 17.5. The van der Waals surface area contributed by atoms with Crippen molar-refractivity contribution in [3.8, 4) is 11.8 Å². The fourth-order valence-corrected chi connectivity index (χ4v) is 3.82. The van der Waals surface area contributed by atoms with Crippen LogP contribution in [0.15, 0.2) is 30.7 Å². The second kappa shape index (κ2) is 10.4. The Kier molecular flexibility index (Phi) is 7.24. The molecule has 3 N–H and O–H groups in total. The fourth-order valence-electron chi connectivity index (χ4n) is 3.82. The first-order valence-electron chi connectivity index (χ1n) is 12.0. The number of nitrogens with one attached hydrogen (secondary N) is 3. The molecule has 1 saturated carbocycles. The third-order valence-electron chi connectivity index (χ3n) is 5.64. The summed E-state index contributed by atoms with van der Waals surface area (Å²) in [5.74, 6) is -0.286. The van der Waals surface area contributed by atoms with Gasteiger partial charge in [0.1, 0.15) is 17.4 Å². The zero-order valence-electron chi connectivity index (χ0n) is 21.4. The van der Waals surface area contributed by atoms with Crippen molar-refractivity contribution in [3.63, 3.8) is 0 Å². The molecular weight excluding hydrogens is 477 g/mol. The van der Waals surface area contributed by atoms with Gasteiger partial charge in [-0.25, -0.2) is 14.2 Å². The van der Waals surface area contributed by atoms with Gasteiger partial charge in [0.25, 0.3) is 0 Å². The predicted molar refractivity (Wildman–Crippen MR) is 135 cm³/mol. The van der Waals surface area contributed by atoms with Gasteiger partial charge in [0.05, 0.1) is 41.6 Å². The number of hydrogen-bond acceptors (Lipinski definition) is 9. The van der Waals surface area contributed by atoms with Gasteiger partial charge in [-0.3, -0.25) is 4.98 Å². The van der Waals surface area contributed by atoms with E-state index >= 15 is 0 Å². The molecule has 1 amide bonds. The number of carbonyl (C=O) groups excluding carboxylic acids is 1. The number of hydrogen-bond donors (Lipinski definition) is 3. The number of rotatable bonds is 8. The molecule has 1 aliphatic rings. The Morgan fingerprint density at radius 2 is 2.00 bits per heavy atom. The minimum Gasteiger partial charge on any atom is -0.444 e. The van der Waals surface area contributed by atoms with Gasteiger partial charge in [0, 0.05) is 6.04 Å². The van der Waals surface area contributed by atoms with E-state index in [0.29, 0.717) is 11.4 Å². The zero-order valence-corrected chi connectivity index (χ0v) is 21.4. The summed E-state index contributed by atoms with van der Waals surface area (Å²) < 4.78 is 20.3. The van der Waals surface area contributed by atoms with Gasteiger partial charge in [-0.05, 0) is 65.5 Å². The van der Waals surface area contributed by atoms with E-state index in [0.717, 1.165) is 24.6 Å². The molecule has 0 unspecified atom stereocenters. The van der Waals surface area contributed by atoms with Crippen LogP contribution in [-0.4, -0.2) is 48.7 Å². The number of pyridine rings is 2. The van der Waals surface area contributed by atoms with Crippen LogP contribution in [0.5, 0.6) is 0 Å². The molecule has 4 rings (SSSR count). The fraction of sp³-hybridized carbons (Fsp3) is 0.440. The summed E-state index contributed by atoms with van der Waals surface area (Å²) in [5.41, 5.74) is 1.28. The summed E-state index contributed by atoms with van der Waals surface area (Å²) in [6, 6.07) is 4.20. The number of nitriles is 1. The molecule has 37 heavy (non-hydrogen) atoms. The number of aromatic nitrogens is 5. The predicted octanol–water partition coefficient (Wildman–Crippen LogP) is 4.22. The van der Waals surface area contributed by atoms with Gasteiger partial charge >= 0.3 is 6.09 Å². The maximum absolute atomic E-state index is 15.0. The van der Waals surface area contributed by atoms with Crippen LogP contribution in [0.3, 0.4) is 0 Å². The van der Waals surface area contributed by atoms with Crippen LogP contribution in [-0.2, 0) is 4.74 Å². The van der Waals surface area contributed by atoms with Gasteiger partial charge in [-0.2, -0.15) is 15.5 Å². The maximum Gasteiger partial charge on any atom is 0.407 e. The van der Waals surface area contributed by atoms with Crippen molar-refractivity contribution in [1.29, 1.82) is 5.26 Å². The lowest BCUT2D eigenvalue weighted by Gasteiger charge is -2.28. The quantitative estimate of drug-likeness (QED) is 0.408. The Morgan fingerprint density at radius 3 is 2.62 bits per heavy atom. The molecule has 0 saturated heterocycles. The van der Waals surface area contributed by atoms with Crippen LogP contribution >= 0.6 is 0 Å². The minimum absolute atomic E-state index is 0.0234. The van der Waals surface area contributed by atoms with Crippen LogP contribution < -0.4 is 16.0 Å². The first kappa shape index (κ1) is 25.8. The number of carbonyl (C=O) groups is 1. The Labute approximate surface area is 214 Å². The van der Waals surface area contributed by atoms with E-state index in [4.69, 9.17) is 4.74 Å². The van der Waals surface area contributed by atoms with Crippen LogP contribution in [0.1, 0.15) is 51.8 Å². The third-order valence-corrected chi connectivity index (χ3v) is 5.64. The van der Waals surface area contributed by atoms with Crippen molar-refractivity contribution in [3.05, 3.63) is 47.8 Å². The SMILES string of the molecule is Cc1cnn(-c2cncc(Nc3nc(N[C@H](C4CC4)[C@H](C)NC(=O)OC(C)(C)C)c(F)cc3C#N)c2)n1. The Balaban J connectivity index is 1.55. The molecule has 2 atom stereocenters. The van der Waals surface area contributed by atoms with Crippen molar-refractivity contribution < 1.29 is 13.9 Å². The number of halogens is 1. The minimum atomic E-state index is -0.666. The molecule has 11 nitrogen and oxygen atoms in total. The lowest BCUT2D eigenvalue weighted by atomic mass is 10.0. The summed E-state index contributed by atoms with van der Waals surface area (Å²) in [6.45, 7) is 9.03. The lowest BCUT2D eigenvalue weighted by Crippen LogP contribution is -2.47. The Bertz CT molecular complexity index is 1320. The second-order valence-electron chi connectivity index (χ2n) is 10.1. The van der Waals surface area contributed by atoms with Gasteiger partial charge in [0.15, 0.2) is 17.5 Å². The molecule has 0 aliphatic heterocycles. The normalized spacial score (nSPS) is 14.8. The highest BCUT2D eigenvalue weighted by atomic mass is 19.1. The molecule has 3 aromatic rings. The molecule has 1 aliphatic carbocycles. The zero-order chi connectivity index (χ0) is 26.7. The lowest BCUT2D eigenvalue weighted by molar-refractivity contribution is 0.0501. The van der Waals surface area contributed by atoms with Gasteiger partial charge < -0.3 is 20.7 Å². The van der Waals surface area contributed by atoms with E-state index in [9.17, 15) is 14.4 Å². The monoisotopic (exact) mass is 507 g/mol. The van der Waals surface area contributed by atoms with Crippen LogP contribution in [0.2, 0.25) is 0 Å². The van der Waals surface area contributed by atoms with Crippen molar-refractivity contribution >= 4 is 23.4 Å². The maximum atomic E-state index is 15.0.